The maximum atomic E-state index is 13.0. The third-order valence-corrected chi connectivity index (χ3v) is 3.71. The average molecular weight is 322 g/mol. The van der Waals surface area contributed by atoms with Crippen molar-refractivity contribution < 1.29 is 31.5 Å². The number of hydrogen-bond donors (Lipinski definition) is 0. The van der Waals surface area contributed by atoms with Crippen LogP contribution in [0.1, 0.15) is 41.6 Å². The van der Waals surface area contributed by atoms with Crippen molar-refractivity contribution in [1.29, 1.82) is 0 Å². The Kier molecular flexibility index (Phi) is 4.72. The number of benzene rings is 1. The van der Waals surface area contributed by atoms with E-state index < -0.39 is 17.7 Å². The van der Waals surface area contributed by atoms with Gasteiger partial charge in [-0.3, -0.25) is 4.79 Å². The van der Waals surface area contributed by atoms with E-state index in [1.165, 1.54) is 6.07 Å². The van der Waals surface area contributed by atoms with Crippen LogP contribution in [0.25, 0.3) is 0 Å². The zero-order valence-corrected chi connectivity index (χ0v) is 11.6. The predicted molar refractivity (Wildman–Crippen MR) is 69.2 cm³/mol. The summed E-state index contributed by atoms with van der Waals surface area (Å²) < 4.78 is 69.5. The van der Waals surface area contributed by atoms with Crippen molar-refractivity contribution >= 4 is 6.29 Å². The van der Waals surface area contributed by atoms with Crippen LogP contribution in [0.2, 0.25) is 0 Å². The Morgan fingerprint density at radius 1 is 1.18 bits per heavy atom. The monoisotopic (exact) mass is 322 g/mol. The normalized spacial score (nSPS) is 19.0. The van der Waals surface area contributed by atoms with Gasteiger partial charge < -0.3 is 4.74 Å². The molecule has 0 radical (unpaired) electrons. The Bertz CT molecular complexity index is 529. The molecule has 1 aliphatic carbocycles. The third-order valence-electron chi connectivity index (χ3n) is 3.71. The minimum Gasteiger partial charge on any atom is -0.493 e. The topological polar surface area (TPSA) is 26.3 Å². The highest BCUT2D eigenvalue weighted by atomic mass is 19.4. The van der Waals surface area contributed by atoms with Crippen molar-refractivity contribution in [3.63, 3.8) is 0 Å². The van der Waals surface area contributed by atoms with Gasteiger partial charge in [-0.1, -0.05) is 0 Å². The number of ether oxygens (including phenoxy) is 1. The van der Waals surface area contributed by atoms with Crippen LogP contribution in [-0.4, -0.2) is 18.8 Å². The summed E-state index contributed by atoms with van der Waals surface area (Å²) in [6.07, 6.45) is -4.20. The Morgan fingerprint density at radius 3 is 2.36 bits per heavy atom. The van der Waals surface area contributed by atoms with Crippen LogP contribution in [0.15, 0.2) is 18.2 Å². The summed E-state index contributed by atoms with van der Waals surface area (Å²) in [4.78, 5) is 10.7. The quantitative estimate of drug-likeness (QED) is 0.592. The van der Waals surface area contributed by atoms with Gasteiger partial charge in [0.25, 0.3) is 0 Å². The molecule has 7 heteroatoms. The minimum atomic E-state index is -4.58. The molecular weight excluding hydrogens is 307 g/mol. The summed E-state index contributed by atoms with van der Waals surface area (Å²) >= 11 is 0. The molecule has 22 heavy (non-hydrogen) atoms. The number of carbonyl (C=O) groups excluding carboxylic acids is 1. The van der Waals surface area contributed by atoms with Gasteiger partial charge in [-0.15, -0.1) is 0 Å². The van der Waals surface area contributed by atoms with Crippen LogP contribution in [0.5, 0.6) is 5.75 Å². The second-order valence-corrected chi connectivity index (χ2v) is 5.52. The van der Waals surface area contributed by atoms with E-state index in [9.17, 15) is 26.7 Å². The van der Waals surface area contributed by atoms with Crippen LogP contribution in [0.4, 0.5) is 22.0 Å². The Morgan fingerprint density at radius 2 is 1.82 bits per heavy atom. The molecule has 1 aliphatic rings. The summed E-state index contributed by atoms with van der Waals surface area (Å²) in [6, 6.07) is 2.76. The highest BCUT2D eigenvalue weighted by molar-refractivity contribution is 5.76. The van der Waals surface area contributed by atoms with Gasteiger partial charge in [0.1, 0.15) is 12.0 Å². The second-order valence-electron chi connectivity index (χ2n) is 5.52. The maximum absolute atomic E-state index is 13.0. The molecule has 0 unspecified atom stereocenters. The molecule has 1 saturated carbocycles. The van der Waals surface area contributed by atoms with Gasteiger partial charge in [-0.05, 0) is 37.0 Å². The smallest absolute Gasteiger partial charge is 0.416 e. The first-order chi connectivity index (χ1) is 10.2. The van der Waals surface area contributed by atoms with Crippen LogP contribution < -0.4 is 4.74 Å². The molecule has 0 saturated heterocycles. The van der Waals surface area contributed by atoms with Crippen molar-refractivity contribution in [3.05, 3.63) is 29.3 Å². The number of alkyl halides is 5. The number of aldehydes is 1. The lowest BCUT2D eigenvalue weighted by atomic mass is 9.87. The lowest BCUT2D eigenvalue weighted by Crippen LogP contribution is -2.27. The first kappa shape index (κ1) is 16.7. The van der Waals surface area contributed by atoms with E-state index >= 15 is 0 Å². The molecule has 122 valence electrons. The van der Waals surface area contributed by atoms with E-state index in [1.54, 1.807) is 0 Å². The summed E-state index contributed by atoms with van der Waals surface area (Å²) in [5.74, 6) is -2.85. The molecule has 1 fully saturated rings. The van der Waals surface area contributed by atoms with Crippen LogP contribution in [0.3, 0.4) is 0 Å². The second kappa shape index (κ2) is 6.22. The average Bonchev–Trinajstić information content (AvgIpc) is 2.45. The molecule has 2 nitrogen and oxygen atoms in total. The van der Waals surface area contributed by atoms with E-state index in [1.807, 2.05) is 0 Å². The fourth-order valence-electron chi connectivity index (χ4n) is 2.42. The lowest BCUT2D eigenvalue weighted by molar-refractivity contribution is -0.137. The van der Waals surface area contributed by atoms with Gasteiger partial charge in [0.2, 0.25) is 5.92 Å². The molecule has 0 aromatic heterocycles. The summed E-state index contributed by atoms with van der Waals surface area (Å²) in [5.41, 5.74) is -1.11. The van der Waals surface area contributed by atoms with E-state index in [4.69, 9.17) is 4.74 Å². The molecule has 1 aromatic rings. The summed E-state index contributed by atoms with van der Waals surface area (Å²) in [6.45, 7) is 0.0652. The highest BCUT2D eigenvalue weighted by Gasteiger charge is 2.35. The van der Waals surface area contributed by atoms with Crippen LogP contribution in [0, 0.1) is 5.92 Å². The third kappa shape index (κ3) is 4.42. The molecule has 0 aliphatic heterocycles. The van der Waals surface area contributed by atoms with Crippen LogP contribution >= 0.6 is 0 Å². The van der Waals surface area contributed by atoms with E-state index in [-0.39, 0.29) is 49.5 Å². The number of carbonyl (C=O) groups is 1. The fraction of sp³-hybridized carbons (Fsp3) is 0.533. The van der Waals surface area contributed by atoms with Crippen molar-refractivity contribution in [2.45, 2.75) is 37.8 Å². The first-order valence-electron chi connectivity index (χ1n) is 6.88. The van der Waals surface area contributed by atoms with Crippen molar-refractivity contribution in [2.75, 3.05) is 6.61 Å². The summed E-state index contributed by atoms with van der Waals surface area (Å²) in [7, 11) is 0. The van der Waals surface area contributed by atoms with Gasteiger partial charge in [0, 0.05) is 18.4 Å². The first-order valence-corrected chi connectivity index (χ1v) is 6.88. The van der Waals surface area contributed by atoms with Crippen molar-refractivity contribution in [3.8, 4) is 5.75 Å². The Hall–Kier alpha value is -1.66. The molecule has 0 amide bonds. The van der Waals surface area contributed by atoms with Gasteiger partial charge >= 0.3 is 6.18 Å². The van der Waals surface area contributed by atoms with Gasteiger partial charge in [0.05, 0.1) is 12.2 Å². The zero-order chi connectivity index (χ0) is 16.4. The molecule has 1 aromatic carbocycles. The standard InChI is InChI=1S/C15H15F5O2/c16-14(17)3-1-10(2-4-14)9-22-13-6-11(8-21)5-12(7-13)15(18,19)20/h5-8,10H,1-4,9H2. The van der Waals surface area contributed by atoms with Gasteiger partial charge in [-0.2, -0.15) is 13.2 Å². The fourth-order valence-corrected chi connectivity index (χ4v) is 2.42. The highest BCUT2D eigenvalue weighted by Crippen LogP contribution is 2.37. The summed E-state index contributed by atoms with van der Waals surface area (Å²) in [5, 5.41) is 0. The van der Waals surface area contributed by atoms with Gasteiger partial charge in [0.15, 0.2) is 0 Å². The van der Waals surface area contributed by atoms with Crippen LogP contribution in [-0.2, 0) is 6.18 Å². The number of halogens is 5. The number of rotatable bonds is 4. The minimum absolute atomic E-state index is 0.0652. The largest absolute Gasteiger partial charge is 0.493 e. The van der Waals surface area contributed by atoms with Crippen molar-refractivity contribution in [2.24, 2.45) is 5.92 Å². The predicted octanol–water partition coefficient (Wildman–Crippen LogP) is 4.72. The lowest BCUT2D eigenvalue weighted by Gasteiger charge is -2.28. The molecule has 0 N–H and O–H groups in total. The van der Waals surface area contributed by atoms with E-state index in [0.717, 1.165) is 12.1 Å². The Labute approximate surface area is 124 Å². The van der Waals surface area contributed by atoms with Gasteiger partial charge in [-0.25, -0.2) is 8.78 Å². The molecule has 0 atom stereocenters. The van der Waals surface area contributed by atoms with E-state index in [2.05, 4.69) is 0 Å². The molecule has 0 spiro atoms. The maximum Gasteiger partial charge on any atom is 0.416 e. The van der Waals surface area contributed by atoms with Crippen molar-refractivity contribution in [1.82, 2.24) is 0 Å². The Balaban J connectivity index is 2.02. The molecule has 0 heterocycles. The zero-order valence-electron chi connectivity index (χ0n) is 11.6. The molecule has 2 rings (SSSR count). The van der Waals surface area contributed by atoms with E-state index in [0.29, 0.717) is 6.29 Å². The molecular formula is C15H15F5O2. The molecule has 0 bridgehead atoms. The number of hydrogen-bond acceptors (Lipinski definition) is 2. The SMILES string of the molecule is O=Cc1cc(OCC2CCC(F)(F)CC2)cc(C(F)(F)F)c1.